The largest absolute Gasteiger partial charge is 0.493 e. The van der Waals surface area contributed by atoms with Crippen LogP contribution in [0.4, 0.5) is 0 Å². The topological polar surface area (TPSA) is 72.9 Å². The zero-order valence-corrected chi connectivity index (χ0v) is 16.2. The summed E-state index contributed by atoms with van der Waals surface area (Å²) in [5.74, 6) is 0.0715. The second-order valence-electron chi connectivity index (χ2n) is 7.14. The van der Waals surface area contributed by atoms with E-state index in [-0.39, 0.29) is 4.90 Å². The lowest BCUT2D eigenvalue weighted by Crippen LogP contribution is -2.64. The summed E-state index contributed by atoms with van der Waals surface area (Å²) >= 11 is 0. The maximum atomic E-state index is 13.4. The molecule has 1 fully saturated rings. The molecule has 27 heavy (non-hydrogen) atoms. The van der Waals surface area contributed by atoms with Gasteiger partial charge in [0.15, 0.2) is 32.3 Å². The first-order chi connectivity index (χ1) is 12.8. The Morgan fingerprint density at radius 3 is 2.52 bits per heavy atom. The predicted molar refractivity (Wildman–Crippen MR) is 99.6 cm³/mol. The first-order valence-corrected chi connectivity index (χ1v) is 10.3. The number of piperidine rings is 1. The molecule has 3 atom stereocenters. The van der Waals surface area contributed by atoms with Crippen molar-refractivity contribution in [3.63, 3.8) is 0 Å². The van der Waals surface area contributed by atoms with E-state index in [1.54, 1.807) is 51.4 Å². The van der Waals surface area contributed by atoms with Gasteiger partial charge in [0, 0.05) is 24.9 Å². The number of ether oxygens (including phenoxy) is 2. The van der Waals surface area contributed by atoms with Crippen LogP contribution in [-0.2, 0) is 14.6 Å². The molecule has 0 saturated carbocycles. The minimum atomic E-state index is -3.87. The van der Waals surface area contributed by atoms with E-state index in [9.17, 15) is 13.2 Å². The fraction of sp³-hybridized carbons (Fsp3) is 0.350. The average Bonchev–Trinajstić information content (AvgIpc) is 2.66. The van der Waals surface area contributed by atoms with Crippen molar-refractivity contribution in [1.29, 1.82) is 0 Å². The van der Waals surface area contributed by atoms with E-state index in [4.69, 9.17) is 9.47 Å². The molecule has 2 bridgehead atoms. The minimum Gasteiger partial charge on any atom is -0.493 e. The molecule has 4 rings (SSSR count). The quantitative estimate of drug-likeness (QED) is 0.809. The van der Waals surface area contributed by atoms with Crippen LogP contribution in [0.25, 0.3) is 0 Å². The highest BCUT2D eigenvalue weighted by molar-refractivity contribution is 7.92. The second kappa shape index (κ2) is 5.99. The summed E-state index contributed by atoms with van der Waals surface area (Å²) in [5, 5.41) is -1.20. The van der Waals surface area contributed by atoms with Crippen molar-refractivity contribution in [2.24, 2.45) is 0 Å². The van der Waals surface area contributed by atoms with Crippen molar-refractivity contribution in [3.8, 4) is 11.5 Å². The van der Waals surface area contributed by atoms with E-state index in [1.807, 2.05) is 6.07 Å². The molecule has 6 nitrogen and oxygen atoms in total. The number of nitrogens with zero attached hydrogens (tertiary/aromatic N) is 1. The highest BCUT2D eigenvalue weighted by atomic mass is 32.2. The van der Waals surface area contributed by atoms with Gasteiger partial charge < -0.3 is 14.4 Å². The smallest absolute Gasteiger partial charge is 0.244 e. The maximum Gasteiger partial charge on any atom is 0.244 e. The molecule has 0 unspecified atom stereocenters. The molecule has 2 aliphatic heterocycles. The number of carbonyl (C=O) groups is 1. The van der Waals surface area contributed by atoms with Gasteiger partial charge in [0.25, 0.3) is 0 Å². The fourth-order valence-corrected chi connectivity index (χ4v) is 5.98. The highest BCUT2D eigenvalue weighted by Crippen LogP contribution is 2.52. The molecule has 0 aliphatic carbocycles. The van der Waals surface area contributed by atoms with E-state index in [0.29, 0.717) is 23.5 Å². The van der Waals surface area contributed by atoms with E-state index in [2.05, 4.69) is 0 Å². The molecular weight excluding hydrogens is 366 g/mol. The van der Waals surface area contributed by atoms with Crippen molar-refractivity contribution < 1.29 is 22.7 Å². The molecule has 0 radical (unpaired) electrons. The monoisotopic (exact) mass is 387 g/mol. The Morgan fingerprint density at radius 1 is 1.15 bits per heavy atom. The van der Waals surface area contributed by atoms with Crippen molar-refractivity contribution in [3.05, 3.63) is 54.1 Å². The zero-order valence-electron chi connectivity index (χ0n) is 15.4. The van der Waals surface area contributed by atoms with Gasteiger partial charge in [-0.25, -0.2) is 8.42 Å². The number of methoxy groups -OCH3 is 1. The molecule has 0 aromatic heterocycles. The Kier molecular flexibility index (Phi) is 3.96. The number of fused-ring (bicyclic) bond motifs is 4. The minimum absolute atomic E-state index is 0.149. The van der Waals surface area contributed by atoms with Crippen LogP contribution in [0.3, 0.4) is 0 Å². The number of carbonyl (C=O) groups excluding carboxylic acids is 1. The van der Waals surface area contributed by atoms with E-state index < -0.39 is 32.6 Å². The van der Waals surface area contributed by atoms with Crippen LogP contribution in [-0.4, -0.2) is 44.4 Å². The summed E-state index contributed by atoms with van der Waals surface area (Å²) in [6.45, 7) is 1.80. The van der Waals surface area contributed by atoms with Crippen LogP contribution < -0.4 is 9.47 Å². The van der Waals surface area contributed by atoms with Crippen LogP contribution in [0.5, 0.6) is 11.5 Å². The predicted octanol–water partition coefficient (Wildman–Crippen LogP) is 2.59. The summed E-state index contributed by atoms with van der Waals surface area (Å²) in [7, 11) is -0.741. The van der Waals surface area contributed by atoms with Crippen LogP contribution in [0.15, 0.2) is 53.4 Å². The SMILES string of the molecule is COc1cccc2c1O[C@@]1(C)C[C@@H]2[C@H](S(=O)(=O)c2ccccc2)C(=O)N1C. The number of amides is 1. The summed E-state index contributed by atoms with van der Waals surface area (Å²) < 4.78 is 38.3. The van der Waals surface area contributed by atoms with Crippen molar-refractivity contribution in [1.82, 2.24) is 4.90 Å². The number of sulfone groups is 1. The van der Waals surface area contributed by atoms with Crippen LogP contribution in [0.2, 0.25) is 0 Å². The number of para-hydroxylation sites is 1. The first-order valence-electron chi connectivity index (χ1n) is 8.72. The van der Waals surface area contributed by atoms with Gasteiger partial charge in [0.2, 0.25) is 5.91 Å². The molecular formula is C20H21NO5S. The third kappa shape index (κ3) is 2.52. The summed E-state index contributed by atoms with van der Waals surface area (Å²) in [4.78, 5) is 14.7. The van der Waals surface area contributed by atoms with Crippen LogP contribution in [0.1, 0.15) is 24.8 Å². The number of rotatable bonds is 3. The Morgan fingerprint density at radius 2 is 1.85 bits per heavy atom. The maximum absolute atomic E-state index is 13.4. The summed E-state index contributed by atoms with van der Waals surface area (Å²) in [6, 6.07) is 13.5. The van der Waals surface area contributed by atoms with Crippen molar-refractivity contribution in [2.45, 2.75) is 35.1 Å². The van der Waals surface area contributed by atoms with E-state index >= 15 is 0 Å². The lowest BCUT2D eigenvalue weighted by molar-refractivity contribution is -0.160. The van der Waals surface area contributed by atoms with Gasteiger partial charge in [-0.2, -0.15) is 0 Å². The van der Waals surface area contributed by atoms with Gasteiger partial charge in [0.05, 0.1) is 12.0 Å². The zero-order chi connectivity index (χ0) is 19.4. The van der Waals surface area contributed by atoms with E-state index in [1.165, 1.54) is 17.0 Å². The van der Waals surface area contributed by atoms with Gasteiger partial charge in [-0.05, 0) is 25.1 Å². The molecule has 1 saturated heterocycles. The third-order valence-corrected chi connectivity index (χ3v) is 7.73. The number of hydrogen-bond donors (Lipinski definition) is 0. The van der Waals surface area contributed by atoms with Crippen molar-refractivity contribution >= 4 is 15.7 Å². The number of hydrogen-bond acceptors (Lipinski definition) is 5. The molecule has 7 heteroatoms. The molecule has 2 aromatic carbocycles. The van der Waals surface area contributed by atoms with Gasteiger partial charge in [-0.3, -0.25) is 4.79 Å². The Bertz CT molecular complexity index is 1000. The standard InChI is InChI=1S/C20H21NO5S/c1-20-12-15(14-10-7-11-16(25-3)17(14)26-20)18(19(22)21(20)2)27(23,24)13-8-5-4-6-9-13/h4-11,15,18H,12H2,1-3H3/t15-,18-,20-/m0/s1. The molecule has 0 N–H and O–H groups in total. The lowest BCUT2D eigenvalue weighted by Gasteiger charge is -2.51. The normalized spacial score (nSPS) is 26.9. The van der Waals surface area contributed by atoms with Gasteiger partial charge >= 0.3 is 0 Å². The van der Waals surface area contributed by atoms with Gasteiger partial charge in [-0.1, -0.05) is 30.3 Å². The molecule has 142 valence electrons. The van der Waals surface area contributed by atoms with Crippen LogP contribution in [0, 0.1) is 0 Å². The fourth-order valence-electron chi connectivity index (χ4n) is 4.05. The highest BCUT2D eigenvalue weighted by Gasteiger charge is 2.57. The molecule has 2 heterocycles. The second-order valence-corrected chi connectivity index (χ2v) is 9.21. The van der Waals surface area contributed by atoms with E-state index in [0.717, 1.165) is 0 Å². The Hall–Kier alpha value is -2.54. The lowest BCUT2D eigenvalue weighted by atomic mass is 9.80. The molecule has 1 amide bonds. The number of benzene rings is 2. The number of likely N-dealkylation sites (tertiary alicyclic amines) is 1. The Balaban J connectivity index is 1.93. The van der Waals surface area contributed by atoms with Gasteiger partial charge in [-0.15, -0.1) is 0 Å². The van der Waals surface area contributed by atoms with Crippen LogP contribution >= 0.6 is 0 Å². The van der Waals surface area contributed by atoms with Gasteiger partial charge in [0.1, 0.15) is 0 Å². The summed E-state index contributed by atoms with van der Waals surface area (Å²) in [6.07, 6.45) is 0.395. The Labute approximate surface area is 158 Å². The average molecular weight is 387 g/mol. The summed E-state index contributed by atoms with van der Waals surface area (Å²) in [5.41, 5.74) is -0.232. The molecule has 0 spiro atoms. The van der Waals surface area contributed by atoms with Crippen molar-refractivity contribution in [2.75, 3.05) is 14.2 Å². The molecule has 2 aliphatic rings. The molecule has 2 aromatic rings. The third-order valence-electron chi connectivity index (χ3n) is 5.60. The first kappa shape index (κ1) is 17.9.